The van der Waals surface area contributed by atoms with E-state index in [2.05, 4.69) is 41.5 Å². The molecule has 53 heavy (non-hydrogen) atoms. The Bertz CT molecular complexity index is 733. The van der Waals surface area contributed by atoms with Crippen molar-refractivity contribution in [3.05, 3.63) is 23.0 Å². The second kappa shape index (κ2) is 43.3. The van der Waals surface area contributed by atoms with Gasteiger partial charge in [-0.25, -0.2) is 0 Å². The highest BCUT2D eigenvalue weighted by Gasteiger charge is 2.13. The monoisotopic (exact) mass is 755 g/mol. The zero-order chi connectivity index (χ0) is 38.7. The Morgan fingerprint density at radius 2 is 0.528 bits per heavy atom. The molecule has 0 saturated heterocycles. The van der Waals surface area contributed by atoms with E-state index in [9.17, 15) is 0 Å². The van der Waals surface area contributed by atoms with Crippen molar-refractivity contribution >= 4 is 0 Å². The maximum atomic E-state index is 6.20. The molecule has 0 bridgehead atoms. The molecular weight excluding hydrogens is 664 g/mol. The third-order valence-electron chi connectivity index (χ3n) is 9.36. The summed E-state index contributed by atoms with van der Waals surface area (Å²) >= 11 is 0. The van der Waals surface area contributed by atoms with E-state index < -0.39 is 0 Å². The lowest BCUT2D eigenvalue weighted by atomic mass is 10.0. The molecule has 7 heteroatoms. The molecule has 0 fully saturated rings. The molecule has 0 aromatic carbocycles. The van der Waals surface area contributed by atoms with Crippen LogP contribution in [0.3, 0.4) is 0 Å². The molecule has 0 radical (unpaired) electrons. The van der Waals surface area contributed by atoms with Crippen molar-refractivity contribution in [1.82, 2.24) is 0 Å². The van der Waals surface area contributed by atoms with Gasteiger partial charge in [0.05, 0.1) is 26.4 Å². The molecular formula is C46H90O7. The van der Waals surface area contributed by atoms with Gasteiger partial charge in [-0.2, -0.15) is 0 Å². The largest absolute Gasteiger partial charge is 0.494 e. The first kappa shape index (κ1) is 51.6. The summed E-state index contributed by atoms with van der Waals surface area (Å²) in [6, 6.07) is 0. The van der Waals surface area contributed by atoms with Gasteiger partial charge < -0.3 is 33.2 Å². The summed E-state index contributed by atoms with van der Waals surface area (Å²) in [6.07, 6.45) is 34.8. The van der Waals surface area contributed by atoms with Crippen molar-refractivity contribution in [2.24, 2.45) is 0 Å². The van der Waals surface area contributed by atoms with E-state index in [1.165, 1.54) is 128 Å². The Kier molecular flexibility index (Phi) is 42.1. The second-order valence-corrected chi connectivity index (χ2v) is 14.8. The van der Waals surface area contributed by atoms with Crippen LogP contribution in [0.4, 0.5) is 0 Å². The van der Waals surface area contributed by atoms with Crippen LogP contribution in [0.25, 0.3) is 0 Å². The van der Waals surface area contributed by atoms with Gasteiger partial charge in [-0.15, -0.1) is 0 Å². The third-order valence-corrected chi connectivity index (χ3v) is 9.36. The van der Waals surface area contributed by atoms with Gasteiger partial charge in [0.25, 0.3) is 0 Å². The molecule has 0 amide bonds. The van der Waals surface area contributed by atoms with Gasteiger partial charge >= 0.3 is 0 Å². The summed E-state index contributed by atoms with van der Waals surface area (Å²) in [5.74, 6) is 3.48. The molecule has 0 aliphatic rings. The number of allylic oxidation sites excluding steroid dienone is 2. The van der Waals surface area contributed by atoms with E-state index >= 15 is 0 Å². The van der Waals surface area contributed by atoms with Crippen molar-refractivity contribution < 1.29 is 33.2 Å². The van der Waals surface area contributed by atoms with Crippen LogP contribution >= 0.6 is 0 Å². The van der Waals surface area contributed by atoms with Gasteiger partial charge in [-0.3, -0.25) is 0 Å². The molecule has 0 saturated carbocycles. The zero-order valence-corrected chi connectivity index (χ0v) is 36.3. The molecule has 0 spiro atoms. The van der Waals surface area contributed by atoms with Crippen molar-refractivity contribution in [3.63, 3.8) is 0 Å². The summed E-state index contributed by atoms with van der Waals surface area (Å²) in [5, 5.41) is 0. The van der Waals surface area contributed by atoms with Crippen LogP contribution in [-0.4, -0.2) is 53.2 Å². The molecule has 0 rings (SSSR count). The summed E-state index contributed by atoms with van der Waals surface area (Å²) in [4.78, 5) is 0. The van der Waals surface area contributed by atoms with E-state index in [1.807, 2.05) is 0 Å². The van der Waals surface area contributed by atoms with Gasteiger partial charge in [0.1, 0.15) is 38.3 Å². The zero-order valence-electron chi connectivity index (χ0n) is 36.3. The topological polar surface area (TPSA) is 64.6 Å². The quantitative estimate of drug-likeness (QED) is 0.0348. The van der Waals surface area contributed by atoms with Gasteiger partial charge in [-0.05, 0) is 38.5 Å². The SMILES string of the molecule is CCCCCCCCCCCCCC(OCCC)=C(COCOCOCC(OCCC)=C(CCCCCCCCCCCCC)OCCC)OCCC. The maximum Gasteiger partial charge on any atom is 0.159 e. The first-order valence-corrected chi connectivity index (χ1v) is 22.9. The third kappa shape index (κ3) is 34.8. The predicted octanol–water partition coefficient (Wildman–Crippen LogP) is 14.5. The van der Waals surface area contributed by atoms with Crippen LogP contribution in [0.5, 0.6) is 0 Å². The van der Waals surface area contributed by atoms with Crippen LogP contribution in [0.2, 0.25) is 0 Å². The summed E-state index contributed by atoms with van der Waals surface area (Å²) in [6.45, 7) is 16.7. The Morgan fingerprint density at radius 1 is 0.264 bits per heavy atom. The van der Waals surface area contributed by atoms with E-state index in [1.54, 1.807) is 0 Å². The fourth-order valence-corrected chi connectivity index (χ4v) is 6.21. The summed E-state index contributed by atoms with van der Waals surface area (Å²) in [7, 11) is 0. The lowest BCUT2D eigenvalue weighted by Gasteiger charge is -2.18. The Labute approximate surface area is 330 Å². The number of rotatable bonds is 44. The first-order valence-electron chi connectivity index (χ1n) is 22.9. The number of unbranched alkanes of at least 4 members (excludes halogenated alkanes) is 20. The van der Waals surface area contributed by atoms with Gasteiger partial charge in [0.2, 0.25) is 0 Å². The van der Waals surface area contributed by atoms with Gasteiger partial charge in [0, 0.05) is 12.8 Å². The highest BCUT2D eigenvalue weighted by Crippen LogP contribution is 2.21. The van der Waals surface area contributed by atoms with E-state index in [0.29, 0.717) is 39.6 Å². The molecule has 0 aliphatic heterocycles. The van der Waals surface area contributed by atoms with Gasteiger partial charge in [0.15, 0.2) is 11.5 Å². The lowest BCUT2D eigenvalue weighted by molar-refractivity contribution is -0.132. The molecule has 7 nitrogen and oxygen atoms in total. The molecule has 0 unspecified atom stereocenters. The van der Waals surface area contributed by atoms with E-state index in [-0.39, 0.29) is 13.6 Å². The minimum absolute atomic E-state index is 0.116. The fourth-order valence-electron chi connectivity index (χ4n) is 6.21. The van der Waals surface area contributed by atoms with Crippen molar-refractivity contribution in [1.29, 1.82) is 0 Å². The summed E-state index contributed by atoms with van der Waals surface area (Å²) < 4.78 is 42.3. The molecule has 0 atom stereocenters. The van der Waals surface area contributed by atoms with Crippen molar-refractivity contribution in [2.45, 2.75) is 221 Å². The average Bonchev–Trinajstić information content (AvgIpc) is 3.17. The average molecular weight is 755 g/mol. The predicted molar refractivity (Wildman–Crippen MR) is 224 cm³/mol. The standard InChI is InChI=1S/C46H90O7/c1-7-13-15-17-19-21-23-25-27-29-31-33-43(50-35-9-3)45(52-37-11-5)39-47-41-49-42-48-40-46(53-38-12-6)44(51-36-10-4)34-32-30-28-26-24-22-20-18-16-14-8-2/h7-42H2,1-6H3. The first-order chi connectivity index (χ1) is 26.2. The lowest BCUT2D eigenvalue weighted by Crippen LogP contribution is -2.14. The van der Waals surface area contributed by atoms with Crippen LogP contribution < -0.4 is 0 Å². The summed E-state index contributed by atoms with van der Waals surface area (Å²) in [5.41, 5.74) is 0. The van der Waals surface area contributed by atoms with Crippen LogP contribution in [-0.2, 0) is 33.2 Å². The second-order valence-electron chi connectivity index (χ2n) is 14.8. The van der Waals surface area contributed by atoms with E-state index in [4.69, 9.17) is 33.2 Å². The Balaban J connectivity index is 4.76. The fraction of sp³-hybridized carbons (Fsp3) is 0.913. The Morgan fingerprint density at radius 3 is 0.811 bits per heavy atom. The number of hydrogen-bond donors (Lipinski definition) is 0. The van der Waals surface area contributed by atoms with Gasteiger partial charge in [-0.1, -0.05) is 170 Å². The molecule has 0 aliphatic carbocycles. The normalized spacial score (nSPS) is 12.5. The Hall–Kier alpha value is -1.44. The van der Waals surface area contributed by atoms with Crippen LogP contribution in [0.1, 0.15) is 221 Å². The maximum absolute atomic E-state index is 6.20. The van der Waals surface area contributed by atoms with Crippen molar-refractivity contribution in [2.75, 3.05) is 53.2 Å². The van der Waals surface area contributed by atoms with Crippen molar-refractivity contribution in [3.8, 4) is 0 Å². The molecule has 0 aromatic rings. The molecule has 316 valence electrons. The molecule has 0 aromatic heterocycles. The highest BCUT2D eigenvalue weighted by atomic mass is 16.7. The number of ether oxygens (including phenoxy) is 7. The minimum Gasteiger partial charge on any atom is -0.494 e. The molecule has 0 N–H and O–H groups in total. The number of hydrogen-bond acceptors (Lipinski definition) is 7. The highest BCUT2D eigenvalue weighted by molar-refractivity contribution is 5.03. The smallest absolute Gasteiger partial charge is 0.159 e. The minimum atomic E-state index is 0.116. The van der Waals surface area contributed by atoms with Crippen LogP contribution in [0, 0.1) is 0 Å². The van der Waals surface area contributed by atoms with Crippen LogP contribution in [0.15, 0.2) is 23.0 Å². The molecule has 0 heterocycles. The van der Waals surface area contributed by atoms with E-state index in [0.717, 1.165) is 74.4 Å².